The van der Waals surface area contributed by atoms with Gasteiger partial charge in [0.25, 0.3) is 0 Å². The maximum atomic E-state index is 5.84. The van der Waals surface area contributed by atoms with Gasteiger partial charge in [0.05, 0.1) is 18.7 Å². The highest BCUT2D eigenvalue weighted by atomic mass is 16.5. The van der Waals surface area contributed by atoms with Gasteiger partial charge < -0.3 is 13.9 Å². The molecule has 134 valence electrons. The fraction of sp³-hybridized carbons (Fsp3) is 0.111. The molecule has 9 heteroatoms. The fourth-order valence-corrected chi connectivity index (χ4v) is 2.81. The molecule has 0 saturated carbocycles. The van der Waals surface area contributed by atoms with E-state index in [1.54, 1.807) is 24.1 Å². The Bertz CT molecular complexity index is 1240. The number of para-hydroxylation sites is 2. The van der Waals surface area contributed by atoms with Gasteiger partial charge in [-0.05, 0) is 24.3 Å². The van der Waals surface area contributed by atoms with E-state index >= 15 is 0 Å². The molecule has 5 aromatic rings. The number of hydrogen-bond acceptors (Lipinski definition) is 7. The molecule has 4 aromatic heterocycles. The molecule has 0 atom stereocenters. The Balaban J connectivity index is 1.41. The molecular formula is C18H14N6O3. The Kier molecular flexibility index (Phi) is 3.49. The summed E-state index contributed by atoms with van der Waals surface area (Å²) in [5, 5.41) is 12.0. The molecule has 27 heavy (non-hydrogen) atoms. The van der Waals surface area contributed by atoms with E-state index < -0.39 is 0 Å². The summed E-state index contributed by atoms with van der Waals surface area (Å²) in [5.74, 6) is 2.99. The minimum atomic E-state index is 0.265. The van der Waals surface area contributed by atoms with Crippen molar-refractivity contribution in [3.63, 3.8) is 0 Å². The van der Waals surface area contributed by atoms with Crippen LogP contribution < -0.4 is 9.47 Å². The molecule has 0 aliphatic carbocycles. The number of aromatic amines is 1. The van der Waals surface area contributed by atoms with Crippen LogP contribution in [0.3, 0.4) is 0 Å². The van der Waals surface area contributed by atoms with Crippen molar-refractivity contribution in [1.29, 1.82) is 0 Å². The largest absolute Gasteiger partial charge is 0.493 e. The third-order valence-corrected chi connectivity index (χ3v) is 4.11. The van der Waals surface area contributed by atoms with Crippen LogP contribution in [0.1, 0.15) is 5.76 Å². The summed E-state index contributed by atoms with van der Waals surface area (Å²) in [5.41, 5.74) is 1.32. The second-order valence-corrected chi connectivity index (χ2v) is 5.79. The highest BCUT2D eigenvalue weighted by Gasteiger charge is 2.14. The number of fused-ring (bicyclic) bond motifs is 3. The molecular weight excluding hydrogens is 348 g/mol. The van der Waals surface area contributed by atoms with E-state index in [1.165, 1.54) is 0 Å². The molecule has 0 aliphatic heterocycles. The predicted octanol–water partition coefficient (Wildman–Crippen LogP) is 2.85. The van der Waals surface area contributed by atoms with Crippen molar-refractivity contribution in [1.82, 2.24) is 29.8 Å². The van der Waals surface area contributed by atoms with Crippen molar-refractivity contribution < 1.29 is 13.9 Å². The zero-order chi connectivity index (χ0) is 18.2. The zero-order valence-electron chi connectivity index (χ0n) is 14.3. The number of H-pyrrole nitrogens is 1. The van der Waals surface area contributed by atoms with E-state index in [2.05, 4.69) is 25.3 Å². The first-order chi connectivity index (χ1) is 13.3. The van der Waals surface area contributed by atoms with Crippen molar-refractivity contribution >= 4 is 16.7 Å². The lowest BCUT2D eigenvalue weighted by atomic mass is 10.3. The smallest absolute Gasteiger partial charge is 0.217 e. The number of methoxy groups -OCH3 is 1. The molecule has 9 nitrogen and oxygen atoms in total. The van der Waals surface area contributed by atoms with Gasteiger partial charge in [0.2, 0.25) is 5.82 Å². The zero-order valence-corrected chi connectivity index (χ0v) is 14.3. The predicted molar refractivity (Wildman–Crippen MR) is 95.5 cm³/mol. The summed E-state index contributed by atoms with van der Waals surface area (Å²) in [4.78, 5) is 8.78. The van der Waals surface area contributed by atoms with Crippen molar-refractivity contribution in [3.05, 3.63) is 54.7 Å². The van der Waals surface area contributed by atoms with E-state index in [-0.39, 0.29) is 6.61 Å². The lowest BCUT2D eigenvalue weighted by Crippen LogP contribution is -1.96. The van der Waals surface area contributed by atoms with Crippen LogP contribution in [-0.2, 0) is 6.61 Å². The van der Waals surface area contributed by atoms with Crippen LogP contribution in [0.5, 0.6) is 11.5 Å². The Morgan fingerprint density at radius 2 is 2.04 bits per heavy atom. The number of hydrogen-bond donors (Lipinski definition) is 1. The summed E-state index contributed by atoms with van der Waals surface area (Å²) in [7, 11) is 1.61. The van der Waals surface area contributed by atoms with Gasteiger partial charge in [-0.25, -0.2) is 14.5 Å². The molecule has 0 spiro atoms. The van der Waals surface area contributed by atoms with Crippen LogP contribution in [0.25, 0.3) is 28.3 Å². The van der Waals surface area contributed by atoms with Crippen LogP contribution in [0.4, 0.5) is 0 Å². The third kappa shape index (κ3) is 2.65. The van der Waals surface area contributed by atoms with E-state index in [4.69, 9.17) is 13.9 Å². The number of nitrogens with zero attached hydrogens (tertiary/aromatic N) is 5. The maximum absolute atomic E-state index is 5.84. The molecule has 0 fully saturated rings. The molecule has 5 rings (SSSR count). The van der Waals surface area contributed by atoms with Gasteiger partial charge >= 0.3 is 0 Å². The van der Waals surface area contributed by atoms with Gasteiger partial charge in [-0.2, -0.15) is 5.10 Å². The summed E-state index contributed by atoms with van der Waals surface area (Å²) >= 11 is 0. The van der Waals surface area contributed by atoms with E-state index in [9.17, 15) is 0 Å². The monoisotopic (exact) mass is 362 g/mol. The molecule has 0 unspecified atom stereocenters. The molecule has 0 radical (unpaired) electrons. The minimum absolute atomic E-state index is 0.265. The van der Waals surface area contributed by atoms with Crippen LogP contribution in [0.15, 0.2) is 53.3 Å². The second kappa shape index (κ2) is 6.13. The first-order valence-corrected chi connectivity index (χ1v) is 8.21. The Hall–Kier alpha value is -3.88. The van der Waals surface area contributed by atoms with Gasteiger partial charge in [0.15, 0.2) is 28.6 Å². The average molecular weight is 362 g/mol. The topological polar surface area (TPSA) is 103 Å². The molecule has 1 N–H and O–H groups in total. The lowest BCUT2D eigenvalue weighted by molar-refractivity contribution is 0.257. The molecule has 0 amide bonds. The second-order valence-electron chi connectivity index (χ2n) is 5.79. The average Bonchev–Trinajstić information content (AvgIpc) is 3.44. The standard InChI is InChI=1S/C18H14N6O3/c1-25-13-4-2-3-5-14(13)26-9-11-6-7-15(27-11)17-21-18-12-8-20-22-16(12)19-10-24(18)23-17/h2-8,10H,9H2,1H3,(H,20,22). The summed E-state index contributed by atoms with van der Waals surface area (Å²) in [6.45, 7) is 0.265. The summed E-state index contributed by atoms with van der Waals surface area (Å²) in [6, 6.07) is 11.1. The van der Waals surface area contributed by atoms with Crippen molar-refractivity contribution in [2.24, 2.45) is 0 Å². The normalized spacial score (nSPS) is 11.3. The highest BCUT2D eigenvalue weighted by Crippen LogP contribution is 2.28. The number of ether oxygens (including phenoxy) is 2. The van der Waals surface area contributed by atoms with Crippen LogP contribution in [0.2, 0.25) is 0 Å². The fourth-order valence-electron chi connectivity index (χ4n) is 2.81. The van der Waals surface area contributed by atoms with Gasteiger partial charge in [-0.15, -0.1) is 5.10 Å². The van der Waals surface area contributed by atoms with Gasteiger partial charge in [-0.3, -0.25) is 5.10 Å². The minimum Gasteiger partial charge on any atom is -0.493 e. The van der Waals surface area contributed by atoms with Crippen LogP contribution in [0, 0.1) is 0 Å². The molecule has 0 bridgehead atoms. The quantitative estimate of drug-likeness (QED) is 0.513. The number of benzene rings is 1. The van der Waals surface area contributed by atoms with E-state index in [1.807, 2.05) is 36.4 Å². The van der Waals surface area contributed by atoms with Gasteiger partial charge in [0.1, 0.15) is 18.7 Å². The Morgan fingerprint density at radius 3 is 2.93 bits per heavy atom. The van der Waals surface area contributed by atoms with E-state index in [0.29, 0.717) is 40.1 Å². The lowest BCUT2D eigenvalue weighted by Gasteiger charge is -2.08. The molecule has 4 heterocycles. The number of nitrogens with one attached hydrogen (secondary N) is 1. The Labute approximate surface area is 152 Å². The molecule has 0 saturated heterocycles. The first kappa shape index (κ1) is 15.4. The maximum Gasteiger partial charge on any atom is 0.217 e. The molecule has 1 aromatic carbocycles. The third-order valence-electron chi connectivity index (χ3n) is 4.11. The van der Waals surface area contributed by atoms with Crippen LogP contribution >= 0.6 is 0 Å². The van der Waals surface area contributed by atoms with Gasteiger partial charge in [0, 0.05) is 0 Å². The summed E-state index contributed by atoms with van der Waals surface area (Å²) in [6.07, 6.45) is 3.26. The molecule has 0 aliphatic rings. The number of aromatic nitrogens is 6. The highest BCUT2D eigenvalue weighted by molar-refractivity contribution is 5.88. The summed E-state index contributed by atoms with van der Waals surface area (Å²) < 4.78 is 18.5. The van der Waals surface area contributed by atoms with Crippen LogP contribution in [-0.4, -0.2) is 36.9 Å². The van der Waals surface area contributed by atoms with Crippen molar-refractivity contribution in [2.45, 2.75) is 6.61 Å². The number of rotatable bonds is 5. The SMILES string of the molecule is COc1ccccc1OCc1ccc(-c2nc3c4cn[nH]c4ncn3n2)o1. The Morgan fingerprint density at radius 1 is 1.15 bits per heavy atom. The van der Waals surface area contributed by atoms with Crippen molar-refractivity contribution in [3.8, 4) is 23.1 Å². The van der Waals surface area contributed by atoms with Crippen molar-refractivity contribution in [2.75, 3.05) is 7.11 Å². The van der Waals surface area contributed by atoms with Gasteiger partial charge in [-0.1, -0.05) is 12.1 Å². The van der Waals surface area contributed by atoms with E-state index in [0.717, 1.165) is 5.39 Å². The first-order valence-electron chi connectivity index (χ1n) is 8.21. The number of furan rings is 1.